The number of allylic oxidation sites excluding steroid dienone is 4. The molecule has 1 aromatic carbocycles. The van der Waals surface area contributed by atoms with Crippen LogP contribution < -0.4 is 0 Å². The van der Waals surface area contributed by atoms with Gasteiger partial charge in [-0.25, -0.2) is 4.79 Å². The molecule has 112 valence electrons. The van der Waals surface area contributed by atoms with Crippen LogP contribution in [0.25, 0.3) is 34.3 Å². The SMILES string of the molecule is O=C(O)c1cc2cccc3c2n1\C=C/C=C\C=C/c1n[nH]cc1-3. The van der Waals surface area contributed by atoms with Crippen LogP contribution in [0.2, 0.25) is 0 Å². The number of nitrogens with one attached hydrogen (secondary N) is 1. The number of hydrogen-bond acceptors (Lipinski definition) is 2. The fourth-order valence-electron chi connectivity index (χ4n) is 2.88. The van der Waals surface area contributed by atoms with Crippen molar-refractivity contribution in [2.75, 3.05) is 0 Å². The summed E-state index contributed by atoms with van der Waals surface area (Å²) in [6.45, 7) is 0. The smallest absolute Gasteiger partial charge is 0.352 e. The second-order valence-corrected chi connectivity index (χ2v) is 5.22. The molecule has 23 heavy (non-hydrogen) atoms. The zero-order valence-electron chi connectivity index (χ0n) is 12.1. The molecule has 0 fully saturated rings. The molecule has 5 heteroatoms. The number of carboxylic acids is 1. The molecule has 0 amide bonds. The van der Waals surface area contributed by atoms with Gasteiger partial charge in [-0.05, 0) is 18.2 Å². The topological polar surface area (TPSA) is 70.9 Å². The van der Waals surface area contributed by atoms with E-state index >= 15 is 0 Å². The summed E-state index contributed by atoms with van der Waals surface area (Å²) in [5.74, 6) is -0.957. The van der Waals surface area contributed by atoms with Crippen molar-refractivity contribution in [3.63, 3.8) is 0 Å². The maximum Gasteiger partial charge on any atom is 0.352 e. The molecule has 0 saturated carbocycles. The number of para-hydroxylation sites is 1. The Bertz CT molecular complexity index is 1000. The largest absolute Gasteiger partial charge is 0.477 e. The van der Waals surface area contributed by atoms with E-state index in [-0.39, 0.29) is 5.69 Å². The molecule has 0 radical (unpaired) electrons. The van der Waals surface area contributed by atoms with Gasteiger partial charge in [0, 0.05) is 28.9 Å². The lowest BCUT2D eigenvalue weighted by Gasteiger charge is -2.07. The minimum Gasteiger partial charge on any atom is -0.477 e. The Hall–Kier alpha value is -3.34. The maximum absolute atomic E-state index is 11.6. The quantitative estimate of drug-likeness (QED) is 0.718. The fraction of sp³-hybridized carbons (Fsp3) is 0. The summed E-state index contributed by atoms with van der Waals surface area (Å²) in [5, 5.41) is 17.5. The lowest BCUT2D eigenvalue weighted by Crippen LogP contribution is -2.03. The molecule has 3 aromatic rings. The monoisotopic (exact) mass is 303 g/mol. The van der Waals surface area contributed by atoms with Crippen molar-refractivity contribution in [1.29, 1.82) is 0 Å². The van der Waals surface area contributed by atoms with E-state index in [1.54, 1.807) is 16.8 Å². The van der Waals surface area contributed by atoms with E-state index in [2.05, 4.69) is 10.2 Å². The lowest BCUT2D eigenvalue weighted by molar-refractivity contribution is 0.0689. The lowest BCUT2D eigenvalue weighted by atomic mass is 10.0. The Morgan fingerprint density at radius 1 is 1.13 bits per heavy atom. The average Bonchev–Trinajstić information content (AvgIpc) is 3.14. The summed E-state index contributed by atoms with van der Waals surface area (Å²) >= 11 is 0. The van der Waals surface area contributed by atoms with Gasteiger partial charge in [-0.15, -0.1) is 0 Å². The van der Waals surface area contributed by atoms with E-state index in [4.69, 9.17) is 0 Å². The zero-order chi connectivity index (χ0) is 15.8. The number of aromatic amines is 1. The molecule has 0 aliphatic carbocycles. The zero-order valence-corrected chi connectivity index (χ0v) is 12.1. The summed E-state index contributed by atoms with van der Waals surface area (Å²) < 4.78 is 1.71. The molecular weight excluding hydrogens is 290 g/mol. The molecule has 2 N–H and O–H groups in total. The molecule has 0 spiro atoms. The first-order valence-corrected chi connectivity index (χ1v) is 7.18. The van der Waals surface area contributed by atoms with Crippen LogP contribution in [0.5, 0.6) is 0 Å². The molecule has 3 heterocycles. The summed E-state index contributed by atoms with van der Waals surface area (Å²) in [5.41, 5.74) is 3.78. The van der Waals surface area contributed by atoms with Crippen LogP contribution >= 0.6 is 0 Å². The molecule has 0 atom stereocenters. The minimum absolute atomic E-state index is 0.231. The Labute approximate surface area is 131 Å². The van der Waals surface area contributed by atoms with E-state index in [0.717, 1.165) is 27.7 Å². The van der Waals surface area contributed by atoms with Crippen LogP contribution in [-0.2, 0) is 0 Å². The third-order valence-corrected chi connectivity index (χ3v) is 3.86. The highest BCUT2D eigenvalue weighted by molar-refractivity contribution is 6.03. The van der Waals surface area contributed by atoms with Gasteiger partial charge >= 0.3 is 5.97 Å². The number of aromatic carboxylic acids is 1. The summed E-state index contributed by atoms with van der Waals surface area (Å²) in [6.07, 6.45) is 13.0. The highest BCUT2D eigenvalue weighted by Gasteiger charge is 2.18. The average molecular weight is 303 g/mol. The highest BCUT2D eigenvalue weighted by Crippen LogP contribution is 2.33. The van der Waals surface area contributed by atoms with Crippen LogP contribution in [-0.4, -0.2) is 25.8 Å². The standard InChI is InChI=1S/C18H13N3O2/c22-18(23)16-10-12-6-5-7-13-14-11-19-20-15(14)8-3-1-2-4-9-21(16)17(12)13/h1-11H,(H,19,20)(H,22,23)/b2-1-,8-3-,9-4-. The Balaban J connectivity index is 2.15. The van der Waals surface area contributed by atoms with E-state index in [1.807, 2.05) is 54.8 Å². The number of hydrogen-bond donors (Lipinski definition) is 2. The molecule has 0 unspecified atom stereocenters. The third-order valence-electron chi connectivity index (χ3n) is 3.86. The van der Waals surface area contributed by atoms with Crippen molar-refractivity contribution in [3.8, 4) is 11.1 Å². The Kier molecular flexibility index (Phi) is 2.98. The first-order valence-electron chi connectivity index (χ1n) is 7.18. The van der Waals surface area contributed by atoms with Crippen molar-refractivity contribution >= 4 is 29.1 Å². The van der Waals surface area contributed by atoms with Gasteiger partial charge in [-0.3, -0.25) is 5.10 Å². The number of fused-ring (bicyclic) bond motifs is 2. The van der Waals surface area contributed by atoms with Crippen molar-refractivity contribution in [2.45, 2.75) is 0 Å². The minimum atomic E-state index is -0.957. The molecule has 0 bridgehead atoms. The summed E-state index contributed by atoms with van der Waals surface area (Å²) in [7, 11) is 0. The molecule has 2 aromatic heterocycles. The van der Waals surface area contributed by atoms with Crippen molar-refractivity contribution in [1.82, 2.24) is 14.8 Å². The van der Waals surface area contributed by atoms with Crippen molar-refractivity contribution < 1.29 is 9.90 Å². The summed E-state index contributed by atoms with van der Waals surface area (Å²) in [4.78, 5) is 11.6. The second kappa shape index (κ2) is 5.14. The van der Waals surface area contributed by atoms with Gasteiger partial charge in [0.2, 0.25) is 0 Å². The van der Waals surface area contributed by atoms with Crippen molar-refractivity contribution in [3.05, 3.63) is 66.2 Å². The van der Waals surface area contributed by atoms with Gasteiger partial charge in [0.05, 0.1) is 11.2 Å². The van der Waals surface area contributed by atoms with Crippen LogP contribution in [0.4, 0.5) is 0 Å². The number of rotatable bonds is 1. The first-order chi connectivity index (χ1) is 11.3. The van der Waals surface area contributed by atoms with E-state index in [9.17, 15) is 9.90 Å². The van der Waals surface area contributed by atoms with Crippen molar-refractivity contribution in [2.24, 2.45) is 0 Å². The summed E-state index contributed by atoms with van der Waals surface area (Å²) in [6, 6.07) is 7.51. The van der Waals surface area contributed by atoms with Crippen LogP contribution in [0, 0.1) is 0 Å². The molecule has 4 rings (SSSR count). The molecule has 1 aliphatic heterocycles. The van der Waals surface area contributed by atoms with Gasteiger partial charge in [-0.1, -0.05) is 36.4 Å². The van der Waals surface area contributed by atoms with Gasteiger partial charge in [0.25, 0.3) is 0 Å². The van der Waals surface area contributed by atoms with Gasteiger partial charge in [0.1, 0.15) is 5.69 Å². The first kappa shape index (κ1) is 13.3. The van der Waals surface area contributed by atoms with Gasteiger partial charge < -0.3 is 9.67 Å². The Morgan fingerprint density at radius 2 is 2.00 bits per heavy atom. The van der Waals surface area contributed by atoms with E-state index < -0.39 is 5.97 Å². The van der Waals surface area contributed by atoms with Crippen LogP contribution in [0.3, 0.4) is 0 Å². The molecular formula is C18H13N3O2. The molecule has 0 saturated heterocycles. The highest BCUT2D eigenvalue weighted by atomic mass is 16.4. The van der Waals surface area contributed by atoms with Gasteiger partial charge in [0.15, 0.2) is 0 Å². The number of carboxylic acid groups (broad SMARTS) is 1. The number of carbonyl (C=O) groups is 1. The molecule has 5 nitrogen and oxygen atoms in total. The van der Waals surface area contributed by atoms with E-state index in [1.165, 1.54) is 0 Å². The van der Waals surface area contributed by atoms with Crippen LogP contribution in [0.15, 0.2) is 54.8 Å². The molecule has 1 aliphatic rings. The predicted octanol–water partition coefficient (Wildman–Crippen LogP) is 3.78. The number of nitrogens with zero attached hydrogens (tertiary/aromatic N) is 2. The predicted molar refractivity (Wildman–Crippen MR) is 90.0 cm³/mol. The maximum atomic E-state index is 11.6. The number of aromatic nitrogens is 3. The normalized spacial score (nSPS) is 17.2. The Morgan fingerprint density at radius 3 is 2.87 bits per heavy atom. The van der Waals surface area contributed by atoms with Gasteiger partial charge in [-0.2, -0.15) is 5.10 Å². The number of H-pyrrole nitrogens is 1. The third kappa shape index (κ3) is 2.10. The second-order valence-electron chi connectivity index (χ2n) is 5.22. The van der Waals surface area contributed by atoms with E-state index in [0.29, 0.717) is 0 Å². The fourth-order valence-corrected chi connectivity index (χ4v) is 2.88. The van der Waals surface area contributed by atoms with Crippen LogP contribution in [0.1, 0.15) is 16.2 Å². The number of benzene rings is 1.